The standard InChI is InChI=1S/5Ga.La.15H. The Labute approximate surface area is 131 Å². The SMILES string of the molecule is [GaH3].[GaH3].[GaH3].[GaH3].[GaH3].[La]. The predicted molar refractivity (Wildman–Crippen MR) is 49.7 cm³/mol. The summed E-state index contributed by atoms with van der Waals surface area (Å²) in [5, 5.41) is 0. The van der Waals surface area contributed by atoms with Gasteiger partial charge in [-0.1, -0.05) is 0 Å². The van der Waals surface area contributed by atoms with Crippen LogP contribution >= 0.6 is 0 Å². The van der Waals surface area contributed by atoms with E-state index in [2.05, 4.69) is 0 Å². The Balaban J connectivity index is 0. The van der Waals surface area contributed by atoms with Crippen LogP contribution in [0, 0.1) is 35.6 Å². The fourth-order valence-electron chi connectivity index (χ4n) is 0. The molecule has 0 heterocycles. The van der Waals surface area contributed by atoms with Crippen molar-refractivity contribution in [1.82, 2.24) is 0 Å². The molecule has 0 aromatic heterocycles. The third-order valence-corrected chi connectivity index (χ3v) is 0. The van der Waals surface area contributed by atoms with Gasteiger partial charge in [0, 0.05) is 35.6 Å². The van der Waals surface area contributed by atoms with E-state index in [4.69, 9.17) is 0 Å². The first-order chi connectivity index (χ1) is 0. The number of rotatable bonds is 0. The fourth-order valence-corrected chi connectivity index (χ4v) is 0. The first-order valence-corrected chi connectivity index (χ1v) is 0. The van der Waals surface area contributed by atoms with Gasteiger partial charge in [-0.2, -0.15) is 0 Å². The zero-order valence-electron chi connectivity index (χ0n) is 0.577. The molecule has 0 aliphatic carbocycles. The zero-order chi connectivity index (χ0) is 0. The van der Waals surface area contributed by atoms with Crippen molar-refractivity contribution in [3.8, 4) is 0 Å². The molecule has 6 heavy (non-hydrogen) atoms. The van der Waals surface area contributed by atoms with E-state index in [1.807, 2.05) is 0 Å². The van der Waals surface area contributed by atoms with Gasteiger partial charge in [0.15, 0.2) is 0 Å². The molecule has 0 aromatic carbocycles. The predicted octanol–water partition coefficient (Wildman–Crippen LogP) is -5.92. The second kappa shape index (κ2) is 34.3. The Hall–Kier alpha value is 4.38. The van der Waals surface area contributed by atoms with E-state index in [1.165, 1.54) is 0 Å². The van der Waals surface area contributed by atoms with Crippen molar-refractivity contribution in [2.24, 2.45) is 0 Å². The largest absolute Gasteiger partial charge is 0 e. The Morgan fingerprint density at radius 1 is 0.333 bits per heavy atom. The van der Waals surface area contributed by atoms with E-state index in [-0.39, 0.29) is 135 Å². The summed E-state index contributed by atoms with van der Waals surface area (Å²) in [4.78, 5) is 0. The van der Waals surface area contributed by atoms with Gasteiger partial charge < -0.3 is 0 Å². The van der Waals surface area contributed by atoms with Crippen molar-refractivity contribution in [2.45, 2.75) is 0 Å². The van der Waals surface area contributed by atoms with E-state index < -0.39 is 0 Å². The van der Waals surface area contributed by atoms with E-state index in [0.29, 0.717) is 0 Å². The van der Waals surface area contributed by atoms with Gasteiger partial charge in [-0.05, 0) is 0 Å². The normalized spacial score (nSPS) is 0. The monoisotopic (exact) mass is 499 g/mol. The van der Waals surface area contributed by atoms with Crippen molar-refractivity contribution >= 4 is 99.0 Å². The average molecular weight is 503 g/mol. The van der Waals surface area contributed by atoms with Crippen LogP contribution < -0.4 is 0 Å². The molecule has 0 amide bonds. The van der Waals surface area contributed by atoms with Crippen LogP contribution in [0.2, 0.25) is 0 Å². The topological polar surface area (TPSA) is 0 Å². The molecule has 0 saturated carbocycles. The summed E-state index contributed by atoms with van der Waals surface area (Å²) in [7, 11) is 0. The van der Waals surface area contributed by atoms with Gasteiger partial charge in [-0.25, -0.2) is 0 Å². The minimum absolute atomic E-state index is 0. The second-order valence-electron chi connectivity index (χ2n) is 0. The van der Waals surface area contributed by atoms with E-state index in [9.17, 15) is 0 Å². The van der Waals surface area contributed by atoms with Crippen LogP contribution in [0.4, 0.5) is 0 Å². The van der Waals surface area contributed by atoms with Crippen molar-refractivity contribution < 1.29 is 35.6 Å². The van der Waals surface area contributed by atoms with Crippen LogP contribution in [0.25, 0.3) is 0 Å². The van der Waals surface area contributed by atoms with Crippen LogP contribution in [-0.2, 0) is 0 Å². The van der Waals surface area contributed by atoms with Gasteiger partial charge in [0.05, 0.1) is 0 Å². The second-order valence-corrected chi connectivity index (χ2v) is 0. The quantitative estimate of drug-likeness (QED) is 0.290. The molecule has 0 nitrogen and oxygen atoms in total. The average Bonchev–Trinajstić information content (AvgIpc) is 0. The summed E-state index contributed by atoms with van der Waals surface area (Å²) >= 11 is 0. The minimum Gasteiger partial charge on any atom is 0 e. The molecule has 0 aliphatic heterocycles. The molecule has 0 saturated heterocycles. The Kier molecular flexibility index (Phi) is 273. The van der Waals surface area contributed by atoms with Crippen LogP contribution in [0.5, 0.6) is 0 Å². The maximum atomic E-state index is 0. The molecule has 1 radical (unpaired) electrons. The van der Waals surface area contributed by atoms with Gasteiger partial charge in [0.1, 0.15) is 0 Å². The van der Waals surface area contributed by atoms with Crippen LogP contribution in [0.15, 0.2) is 0 Å². The van der Waals surface area contributed by atoms with Gasteiger partial charge in [0.25, 0.3) is 0 Å². The molecule has 0 unspecified atom stereocenters. The van der Waals surface area contributed by atoms with Crippen molar-refractivity contribution in [1.29, 1.82) is 0 Å². The van der Waals surface area contributed by atoms with Crippen molar-refractivity contribution in [3.05, 3.63) is 0 Å². The van der Waals surface area contributed by atoms with E-state index >= 15 is 0 Å². The molecule has 0 N–H and O–H groups in total. The van der Waals surface area contributed by atoms with E-state index in [0.717, 1.165) is 0 Å². The summed E-state index contributed by atoms with van der Waals surface area (Å²) in [6.07, 6.45) is 0. The fraction of sp³-hybridized carbons (Fsp3) is 0. The van der Waals surface area contributed by atoms with Crippen LogP contribution in [-0.4, -0.2) is 99.0 Å². The Bertz CT molecular complexity index is 3.90. The Morgan fingerprint density at radius 3 is 0.333 bits per heavy atom. The smallest absolute Gasteiger partial charge is 0 e. The first-order valence-electron chi connectivity index (χ1n) is 0. The maximum Gasteiger partial charge on any atom is 0 e. The molecular formula is H15Ga5La. The van der Waals surface area contributed by atoms with Gasteiger partial charge in [0.2, 0.25) is 0 Å². The van der Waals surface area contributed by atoms with E-state index in [1.54, 1.807) is 0 Å². The minimum atomic E-state index is 0. The number of hydrogen-bond donors (Lipinski definition) is 0. The molecule has 6 heteroatoms. The molecule has 0 aliphatic rings. The Morgan fingerprint density at radius 2 is 0.333 bits per heavy atom. The molecule has 0 spiro atoms. The maximum absolute atomic E-state index is 0. The summed E-state index contributed by atoms with van der Waals surface area (Å²) < 4.78 is 0. The number of hydrogen-bond acceptors (Lipinski definition) is 0. The summed E-state index contributed by atoms with van der Waals surface area (Å²) in [6, 6.07) is 0. The summed E-state index contributed by atoms with van der Waals surface area (Å²) in [6.45, 7) is 0. The molecule has 0 bridgehead atoms. The van der Waals surface area contributed by atoms with Gasteiger partial charge in [-0.3, -0.25) is 0 Å². The third-order valence-electron chi connectivity index (χ3n) is 0. The van der Waals surface area contributed by atoms with Crippen LogP contribution in [0.1, 0.15) is 0 Å². The molecule has 0 rings (SSSR count). The third kappa shape index (κ3) is 23.8. The molecule has 0 atom stereocenters. The summed E-state index contributed by atoms with van der Waals surface area (Å²) in [5.41, 5.74) is 0. The first kappa shape index (κ1) is 47.6. The molecule has 33 valence electrons. The zero-order valence-corrected chi connectivity index (χ0v) is 4.20. The molecule has 0 fully saturated rings. The van der Waals surface area contributed by atoms with Gasteiger partial charge in [-0.15, -0.1) is 0 Å². The molecule has 0 aromatic rings. The van der Waals surface area contributed by atoms with Crippen molar-refractivity contribution in [2.75, 3.05) is 0 Å². The van der Waals surface area contributed by atoms with Gasteiger partial charge >= 0.3 is 99.0 Å². The van der Waals surface area contributed by atoms with Crippen LogP contribution in [0.3, 0.4) is 0 Å². The van der Waals surface area contributed by atoms with Crippen molar-refractivity contribution in [3.63, 3.8) is 0 Å². The molecular weight excluding hydrogens is 488 g/mol. The summed E-state index contributed by atoms with van der Waals surface area (Å²) in [5.74, 6) is 0.